The second kappa shape index (κ2) is 22.4. The number of aromatic amines is 1. The number of fused-ring (bicyclic) bond motifs is 1. The van der Waals surface area contributed by atoms with E-state index in [1.165, 1.54) is 23.9 Å². The first-order valence-electron chi connectivity index (χ1n) is 26.0. The van der Waals surface area contributed by atoms with E-state index in [2.05, 4.69) is 72.9 Å². The molecule has 383 valence electrons. The molecule has 9 aromatic carbocycles. The second-order valence-corrected chi connectivity index (χ2v) is 20.2. The number of para-hydroxylation sites is 1. The third-order valence-corrected chi connectivity index (χ3v) is 15.3. The second-order valence-electron chi connectivity index (χ2n) is 19.1. The van der Waals surface area contributed by atoms with Crippen LogP contribution in [0.2, 0.25) is 0 Å². The number of nitrogens with zero attached hydrogens (tertiary/aromatic N) is 3. The van der Waals surface area contributed by atoms with Gasteiger partial charge in [-0.1, -0.05) is 248 Å². The van der Waals surface area contributed by atoms with Gasteiger partial charge >= 0.3 is 5.63 Å². The van der Waals surface area contributed by atoms with Crippen LogP contribution in [0.1, 0.15) is 33.5 Å². The van der Waals surface area contributed by atoms with E-state index in [0.717, 1.165) is 82.9 Å². The van der Waals surface area contributed by atoms with Crippen LogP contribution in [0, 0.1) is 20.2 Å². The Hall–Kier alpha value is -10.2. The third kappa shape index (κ3) is 10.1. The lowest BCUT2D eigenvalue weighted by molar-refractivity contribution is -0.384. The van der Waals surface area contributed by atoms with Crippen LogP contribution in [-0.2, 0) is 12.6 Å². The van der Waals surface area contributed by atoms with Crippen molar-refractivity contribution in [2.24, 2.45) is 4.99 Å². The number of hydrogen-bond donors (Lipinski definition) is 1. The van der Waals surface area contributed by atoms with Gasteiger partial charge in [0.25, 0.3) is 11.4 Å². The maximum absolute atomic E-state index is 13.7. The zero-order valence-corrected chi connectivity index (χ0v) is 43.7. The third-order valence-electron chi connectivity index (χ3n) is 14.2. The van der Waals surface area contributed by atoms with E-state index >= 15 is 0 Å². The average Bonchev–Trinajstić information content (AvgIpc) is 4.17. The van der Waals surface area contributed by atoms with Gasteiger partial charge in [-0.05, 0) is 45.5 Å². The number of H-pyrrole nitrogens is 1. The summed E-state index contributed by atoms with van der Waals surface area (Å²) in [6.45, 7) is 0. The van der Waals surface area contributed by atoms with Gasteiger partial charge < -0.3 is 9.40 Å². The van der Waals surface area contributed by atoms with E-state index in [9.17, 15) is 25.0 Å². The number of thioether (sulfide) groups is 1. The van der Waals surface area contributed by atoms with Crippen molar-refractivity contribution in [2.75, 3.05) is 0 Å². The van der Waals surface area contributed by atoms with Crippen LogP contribution in [0.3, 0.4) is 0 Å². The first-order chi connectivity index (χ1) is 39.3. The molecule has 12 rings (SSSR count). The molecule has 12 heteroatoms. The van der Waals surface area contributed by atoms with E-state index in [4.69, 9.17) is 9.41 Å². The van der Waals surface area contributed by atoms with E-state index in [-0.39, 0.29) is 16.3 Å². The lowest BCUT2D eigenvalue weighted by Gasteiger charge is -2.17. The van der Waals surface area contributed by atoms with Crippen molar-refractivity contribution in [3.63, 3.8) is 0 Å². The predicted molar refractivity (Wildman–Crippen MR) is 323 cm³/mol. The molecule has 0 fully saturated rings. The molecular formula is C68H46BN4O6S. The molecule has 0 bridgehead atoms. The minimum absolute atomic E-state index is 0.0210. The zero-order chi connectivity index (χ0) is 54.5. The summed E-state index contributed by atoms with van der Waals surface area (Å²) in [5, 5.41) is 25.2. The highest BCUT2D eigenvalue weighted by Gasteiger charge is 2.35. The number of nitrogens with one attached hydrogen (secondary N) is 1. The van der Waals surface area contributed by atoms with Gasteiger partial charge in [-0.15, -0.1) is 0 Å². The lowest BCUT2D eigenvalue weighted by Crippen LogP contribution is -2.06. The molecule has 10 nitrogen and oxygen atoms in total. The van der Waals surface area contributed by atoms with Gasteiger partial charge in [0.05, 0.1) is 43.1 Å². The number of non-ortho nitro benzene ring substituents is 1. The molecule has 3 heterocycles. The number of nitro groups is 2. The monoisotopic (exact) mass is 1060 g/mol. The van der Waals surface area contributed by atoms with Crippen LogP contribution in [0.25, 0.3) is 71.7 Å². The minimum Gasteiger partial charge on any atom is -0.423 e. The summed E-state index contributed by atoms with van der Waals surface area (Å²) in [6.07, 6.45) is 1.02. The Morgan fingerprint density at radius 1 is 0.512 bits per heavy atom. The maximum atomic E-state index is 13.7. The van der Waals surface area contributed by atoms with Gasteiger partial charge in [-0.2, -0.15) is 0 Å². The highest BCUT2D eigenvalue weighted by Crippen LogP contribution is 2.54. The number of rotatable bonds is 16. The molecule has 0 unspecified atom stereocenters. The Balaban J connectivity index is 1.16. The number of hydrogen-bond acceptors (Lipinski definition) is 8. The molecule has 1 aliphatic heterocycles. The normalized spacial score (nSPS) is 12.8. The van der Waals surface area contributed by atoms with Gasteiger partial charge in [-0.25, -0.2) is 9.79 Å². The number of aliphatic imine (C=N–C) groups is 1. The molecule has 11 aromatic rings. The largest absolute Gasteiger partial charge is 0.423 e. The first-order valence-corrected chi connectivity index (χ1v) is 26.8. The maximum Gasteiger partial charge on any atom is 0.337 e. The van der Waals surface area contributed by atoms with E-state index < -0.39 is 10.5 Å². The molecule has 2 aromatic heterocycles. The molecule has 0 saturated carbocycles. The van der Waals surface area contributed by atoms with E-state index in [1.54, 1.807) is 36.4 Å². The molecule has 1 aliphatic rings. The Bertz CT molecular complexity index is 4300. The van der Waals surface area contributed by atoms with Crippen molar-refractivity contribution in [1.82, 2.24) is 4.98 Å². The summed E-state index contributed by atoms with van der Waals surface area (Å²) < 4.78 is 5.83. The fourth-order valence-electron chi connectivity index (χ4n) is 10.5. The van der Waals surface area contributed by atoms with Crippen molar-refractivity contribution >= 4 is 63.1 Å². The van der Waals surface area contributed by atoms with Crippen LogP contribution in [-0.4, -0.2) is 27.8 Å². The molecule has 1 N–H and O–H groups in total. The summed E-state index contributed by atoms with van der Waals surface area (Å²) in [7, 11) is 2.06. The average molecular weight is 1060 g/mol. The smallest absolute Gasteiger partial charge is 0.337 e. The van der Waals surface area contributed by atoms with Gasteiger partial charge in [0.2, 0.25) is 0 Å². The molecule has 80 heavy (non-hydrogen) atoms. The molecule has 0 saturated heterocycles. The van der Waals surface area contributed by atoms with Gasteiger partial charge in [0, 0.05) is 62.4 Å². The molecule has 0 aliphatic carbocycles. The van der Waals surface area contributed by atoms with Crippen LogP contribution < -0.4 is 5.63 Å². The first kappa shape index (κ1) is 50.6. The molecule has 0 spiro atoms. The quantitative estimate of drug-likeness (QED) is 0.0333. The Morgan fingerprint density at radius 3 is 1.66 bits per heavy atom. The van der Waals surface area contributed by atoms with Crippen molar-refractivity contribution in [3.05, 3.63) is 319 Å². The van der Waals surface area contributed by atoms with Crippen LogP contribution in [0.4, 0.5) is 11.4 Å². The Morgan fingerprint density at radius 2 is 1.04 bits per heavy atom. The van der Waals surface area contributed by atoms with Crippen LogP contribution >= 0.6 is 11.8 Å². The van der Waals surface area contributed by atoms with Crippen molar-refractivity contribution in [2.45, 2.75) is 17.5 Å². The fourth-order valence-corrected chi connectivity index (χ4v) is 11.7. The van der Waals surface area contributed by atoms with Gasteiger partial charge in [-0.3, -0.25) is 20.2 Å². The molecule has 0 atom stereocenters. The highest BCUT2D eigenvalue weighted by molar-refractivity contribution is 8.08. The zero-order valence-electron chi connectivity index (χ0n) is 42.9. The number of aromatic nitrogens is 1. The molecule has 1 radical (unpaired) electrons. The van der Waals surface area contributed by atoms with Gasteiger partial charge in [0.15, 0.2) is 0 Å². The van der Waals surface area contributed by atoms with Crippen LogP contribution in [0.15, 0.2) is 274 Å². The standard InChI is InChI=1S/C68H46BN4O6S/c74-59-41-58(54-32-18-19-33-57(54)79-59)80-68(66-62(48-24-10-3-11-25-48)60(46-20-6-1-7-21-46)64(70-66)50-28-14-5-15-29-50)67-63(49-26-12-4-13-27-49)61(47-22-8-2-9-23-47)65(71-67)53-31-17-16-30-52(53)55-40-45(36-39-56(55)73(77)78)43-69-42-44-34-37-51(38-35-44)72(75)76/h1-41,70H,42-43H2/b68-67+. The minimum atomic E-state index is -0.499. The van der Waals surface area contributed by atoms with Crippen molar-refractivity contribution in [3.8, 4) is 44.6 Å². The van der Waals surface area contributed by atoms with Gasteiger partial charge in [0.1, 0.15) is 12.9 Å². The number of allylic oxidation sites excluding steroid dienone is 2. The number of benzene rings is 9. The Kier molecular flexibility index (Phi) is 14.2. The SMILES string of the molecule is O=c1cc(S/C(=C2/N=C(c3ccccc3-c3cc(C[B]Cc4ccc([N+](=O)[O-])cc4)ccc3[N+](=O)[O-])C(c3ccccc3)=C2c2ccccc2)c2[nH]c(-c3ccccc3)c(-c3ccccc3)c2-c2ccccc2)c2ccccc2o1. The summed E-state index contributed by atoms with van der Waals surface area (Å²) in [6, 6.07) is 79.7. The van der Waals surface area contributed by atoms with E-state index in [0.29, 0.717) is 51.2 Å². The molecular weight excluding hydrogens is 1010 g/mol. The van der Waals surface area contributed by atoms with Crippen LogP contribution in [0.5, 0.6) is 0 Å². The lowest BCUT2D eigenvalue weighted by atomic mass is 9.66. The fraction of sp³-hybridized carbons (Fsp3) is 0.0294. The van der Waals surface area contributed by atoms with E-state index in [1.807, 2.05) is 140 Å². The highest BCUT2D eigenvalue weighted by atomic mass is 32.2. The number of nitro benzene ring substituents is 2. The predicted octanol–water partition coefficient (Wildman–Crippen LogP) is 16.6. The van der Waals surface area contributed by atoms with Crippen molar-refractivity contribution < 1.29 is 14.3 Å². The summed E-state index contributed by atoms with van der Waals surface area (Å²) in [4.78, 5) is 48.8. The topological polar surface area (TPSA) is 145 Å². The molecule has 0 amide bonds. The van der Waals surface area contributed by atoms with Crippen molar-refractivity contribution in [1.29, 1.82) is 0 Å². The summed E-state index contributed by atoms with van der Waals surface area (Å²) >= 11 is 1.44. The Labute approximate surface area is 465 Å². The summed E-state index contributed by atoms with van der Waals surface area (Å²) in [5.41, 5.74) is 14.4. The summed E-state index contributed by atoms with van der Waals surface area (Å²) in [5.74, 6) is 0.